The van der Waals surface area contributed by atoms with Gasteiger partial charge in [0.25, 0.3) is 0 Å². The Balaban J connectivity index is 3.60. The van der Waals surface area contributed by atoms with Crippen LogP contribution in [-0.2, 0) is 5.11 Å². The monoisotopic (exact) mass is 221 g/mol. The first kappa shape index (κ1) is 9.58. The van der Waals surface area contributed by atoms with E-state index in [4.69, 9.17) is 46.3 Å². The van der Waals surface area contributed by atoms with Crippen LogP contribution < -0.4 is 11.5 Å². The van der Waals surface area contributed by atoms with Crippen molar-refractivity contribution >= 4 is 46.2 Å². The van der Waals surface area contributed by atoms with E-state index in [9.17, 15) is 5.11 Å². The number of nitrogens with zero attached hydrogens (tertiary/aromatic N) is 2. The third-order valence-corrected chi connectivity index (χ3v) is 2.29. The molecule has 0 heterocycles. The van der Waals surface area contributed by atoms with E-state index in [1.807, 2.05) is 0 Å². The molecule has 1 aromatic carbocycles. The van der Waals surface area contributed by atoms with Gasteiger partial charge in [0, 0.05) is 0 Å². The van der Waals surface area contributed by atoms with Gasteiger partial charge in [-0.15, -0.1) is 11.5 Å². The molecule has 61 valence electrons. The maximum atomic E-state index is 10.9. The number of hydrogen-bond acceptors (Lipinski definition) is 0. The summed E-state index contributed by atoms with van der Waals surface area (Å²) < 4.78 is 0. The van der Waals surface area contributed by atoms with Crippen LogP contribution in [0.1, 0.15) is 0 Å². The minimum Gasteiger partial charge on any atom is -0.286 e. The lowest BCUT2D eigenvalue weighted by Crippen LogP contribution is -1.82. The fourth-order valence-electron chi connectivity index (χ4n) is 0.616. The van der Waals surface area contributed by atoms with E-state index in [2.05, 4.69) is 0 Å². The second-order valence-electron chi connectivity index (χ2n) is 1.97. The van der Waals surface area contributed by atoms with Crippen molar-refractivity contribution in [3.63, 3.8) is 0 Å². The second kappa shape index (κ2) is 3.09. The van der Waals surface area contributed by atoms with E-state index in [0.717, 1.165) is 0 Å². The van der Waals surface area contributed by atoms with E-state index in [1.165, 1.54) is 0 Å². The summed E-state index contributed by atoms with van der Waals surface area (Å²) in [7, 11) is 0. The van der Waals surface area contributed by atoms with E-state index in [-0.39, 0.29) is 0 Å². The zero-order chi connectivity index (χ0) is 9.46. The van der Waals surface area contributed by atoms with Crippen LogP contribution in [0, 0.1) is 0 Å². The first-order valence-corrected chi connectivity index (χ1v) is 3.85. The van der Waals surface area contributed by atoms with Gasteiger partial charge >= 0.3 is 0 Å². The Kier molecular flexibility index (Phi) is 2.46. The molecule has 0 saturated carbocycles. The second-order valence-corrected chi connectivity index (χ2v) is 3.10. The Morgan fingerprint density at radius 1 is 0.833 bits per heavy atom. The molecule has 0 aliphatic carbocycles. The van der Waals surface area contributed by atoms with Gasteiger partial charge < -0.3 is 0 Å². The number of rotatable bonds is 0. The molecule has 0 amide bonds. The highest BCUT2D eigenvalue weighted by Crippen LogP contribution is 2.47. The van der Waals surface area contributed by atoms with Crippen LogP contribution in [0.15, 0.2) is 0 Å². The summed E-state index contributed by atoms with van der Waals surface area (Å²) in [4.78, 5) is 0. The van der Waals surface area contributed by atoms with E-state index in [1.54, 1.807) is 0 Å². The molecule has 0 aliphatic rings. The normalized spacial score (nSPS) is 10.2. The number of hydrogen-bond donors (Lipinski definition) is 0. The largest absolute Gasteiger partial charge is 0.286 e. The van der Waals surface area contributed by atoms with Gasteiger partial charge in [-0.25, -0.2) is 0 Å². The van der Waals surface area contributed by atoms with Gasteiger partial charge in [0.2, 0.25) is 5.75 Å². The third kappa shape index (κ3) is 1.24. The maximum absolute atomic E-state index is 10.9. The summed E-state index contributed by atoms with van der Waals surface area (Å²) in [5.74, 6) is -0.849. The highest BCUT2D eigenvalue weighted by molar-refractivity contribution is 6.45. The summed E-state index contributed by atoms with van der Waals surface area (Å²) in [6, 6.07) is 0. The highest BCUT2D eigenvalue weighted by Gasteiger charge is 2.21. The molecule has 1 rings (SSSR count). The van der Waals surface area contributed by atoms with Crippen LogP contribution in [0.4, 0.5) is 11.4 Å². The first-order chi connectivity index (χ1) is 5.46. The number of benzene rings is 1. The molecule has 0 atom stereocenters. The van der Waals surface area contributed by atoms with Gasteiger partial charge in [0.05, 0.1) is 5.02 Å². The molecule has 0 N–H and O–H groups in total. The van der Waals surface area contributed by atoms with Gasteiger partial charge in [-0.1, -0.05) is 34.8 Å². The molecule has 0 unspecified atom stereocenters. The zero-order valence-corrected chi connectivity index (χ0v) is 7.70. The summed E-state index contributed by atoms with van der Waals surface area (Å²) >= 11 is 16.0. The summed E-state index contributed by atoms with van der Waals surface area (Å²) in [5, 5.41) is 9.50. The summed E-state index contributed by atoms with van der Waals surface area (Å²) in [6.45, 7) is 0. The molecule has 6 heteroatoms. The lowest BCUT2D eigenvalue weighted by molar-refractivity contribution is 0.355. The van der Waals surface area contributed by atoms with Gasteiger partial charge in [-0.05, 0) is 0 Å². The molecule has 0 saturated heterocycles. The molecule has 0 aliphatic heterocycles. The predicted molar refractivity (Wildman–Crippen MR) is 45.2 cm³/mol. The Morgan fingerprint density at radius 3 is 1.50 bits per heavy atom. The molecule has 0 fully saturated rings. The third-order valence-electron chi connectivity index (χ3n) is 1.23. The van der Waals surface area contributed by atoms with Gasteiger partial charge in [-0.3, -0.25) is 5.11 Å². The Hall–Kier alpha value is -0.510. The van der Waals surface area contributed by atoms with E-state index >= 15 is 0 Å². The van der Waals surface area contributed by atoms with Crippen molar-refractivity contribution in [1.82, 2.24) is 11.5 Å². The van der Waals surface area contributed by atoms with Crippen molar-refractivity contribution < 1.29 is 5.11 Å². The van der Waals surface area contributed by atoms with E-state index in [0.29, 0.717) is 0 Å². The highest BCUT2D eigenvalue weighted by atomic mass is 35.5. The number of halogens is 3. The zero-order valence-electron chi connectivity index (χ0n) is 5.44. The average Bonchev–Trinajstić information content (AvgIpc) is 2.08. The average molecular weight is 222 g/mol. The van der Waals surface area contributed by atoms with E-state index < -0.39 is 32.2 Å². The minimum atomic E-state index is -0.849. The quantitative estimate of drug-likeness (QED) is 0.647. The fourth-order valence-corrected chi connectivity index (χ4v) is 1.33. The summed E-state index contributed by atoms with van der Waals surface area (Å²) in [6.07, 6.45) is 0. The Bertz CT molecular complexity index is 235. The summed E-state index contributed by atoms with van der Waals surface area (Å²) in [5.41, 5.74) is 16.7. The standard InChI is InChI=1S/C6Cl3N2O/c7-1-4(10)2(8)6(12)3(9)5(1)11. The Morgan fingerprint density at radius 2 is 1.17 bits per heavy atom. The molecule has 3 nitrogen and oxygen atoms in total. The minimum absolute atomic E-state index is 0.426. The molecule has 0 aromatic heterocycles. The topological polar surface area (TPSA) is 64.5 Å². The van der Waals surface area contributed by atoms with Crippen LogP contribution in [-0.4, -0.2) is 0 Å². The van der Waals surface area contributed by atoms with Crippen molar-refractivity contribution in [3.05, 3.63) is 15.1 Å². The maximum Gasteiger partial charge on any atom is 0.220 e. The van der Waals surface area contributed by atoms with Crippen LogP contribution in [0.3, 0.4) is 0 Å². The molecule has 0 bridgehead atoms. The van der Waals surface area contributed by atoms with Gasteiger partial charge in [0.15, 0.2) is 0 Å². The SMILES string of the molecule is [N]c1c(Cl)c([N])c(Cl)c([O])c1Cl. The van der Waals surface area contributed by atoms with Crippen molar-refractivity contribution in [1.29, 1.82) is 0 Å². The molecule has 5 radical (unpaired) electrons. The van der Waals surface area contributed by atoms with Gasteiger partial charge in [-0.2, -0.15) is 0 Å². The van der Waals surface area contributed by atoms with Crippen molar-refractivity contribution in [2.75, 3.05) is 0 Å². The van der Waals surface area contributed by atoms with Crippen LogP contribution >= 0.6 is 34.8 Å². The van der Waals surface area contributed by atoms with Crippen LogP contribution in [0.5, 0.6) is 5.75 Å². The molecule has 0 spiro atoms. The lowest BCUT2D eigenvalue weighted by Gasteiger charge is -2.03. The van der Waals surface area contributed by atoms with Crippen LogP contribution in [0.25, 0.3) is 0 Å². The first-order valence-electron chi connectivity index (χ1n) is 2.72. The predicted octanol–water partition coefficient (Wildman–Crippen LogP) is 3.19. The smallest absolute Gasteiger partial charge is 0.220 e. The molecule has 1 aromatic rings. The van der Waals surface area contributed by atoms with Gasteiger partial charge in [0.1, 0.15) is 21.4 Å². The molecular weight excluding hydrogens is 222 g/mol. The lowest BCUT2D eigenvalue weighted by atomic mass is 10.2. The van der Waals surface area contributed by atoms with Crippen molar-refractivity contribution in [2.45, 2.75) is 0 Å². The fraction of sp³-hybridized carbons (Fsp3) is 0. The Labute approximate surface area is 83.8 Å². The molecular formula is C6Cl3N2O. The van der Waals surface area contributed by atoms with Crippen molar-refractivity contribution in [2.24, 2.45) is 0 Å². The van der Waals surface area contributed by atoms with Crippen LogP contribution in [0.2, 0.25) is 15.1 Å². The molecule has 12 heavy (non-hydrogen) atoms. The van der Waals surface area contributed by atoms with Crippen molar-refractivity contribution in [3.8, 4) is 5.75 Å².